The average molecular weight is 386 g/mol. The molecule has 2 atom stereocenters. The molecule has 0 spiro atoms. The number of carbonyl (C=O) groups excluding carboxylic acids is 4. The van der Waals surface area contributed by atoms with E-state index in [1.165, 1.54) is 48.5 Å². The van der Waals surface area contributed by atoms with Crippen LogP contribution in [0.1, 0.15) is 41.4 Å². The minimum Gasteiger partial charge on any atom is -0.459 e. The molecule has 8 nitrogen and oxygen atoms in total. The lowest BCUT2D eigenvalue weighted by Crippen LogP contribution is -2.35. The summed E-state index contributed by atoms with van der Waals surface area (Å²) in [6.45, 7) is -1.03. The summed E-state index contributed by atoms with van der Waals surface area (Å²) in [5, 5.41) is 19.7. The first-order valence-corrected chi connectivity index (χ1v) is 8.25. The molecule has 0 aromatic heterocycles. The molecule has 0 bridgehead atoms. The molecule has 0 saturated heterocycles. The van der Waals surface area contributed by atoms with Gasteiger partial charge in [0, 0.05) is 11.1 Å². The number of aldehydes is 2. The molecule has 0 fully saturated rings. The Kier molecular flexibility index (Phi) is 7.55. The summed E-state index contributed by atoms with van der Waals surface area (Å²) in [5.41, 5.74) is 1.15. The second-order valence-corrected chi connectivity index (χ2v) is 5.81. The molecule has 8 heteroatoms. The number of carbonyl (C=O) groups is 4. The number of rotatable bonds is 9. The molecular formula is C20H18O8. The fourth-order valence-electron chi connectivity index (χ4n) is 2.11. The quantitative estimate of drug-likeness (QED) is 0.484. The zero-order valence-electron chi connectivity index (χ0n) is 14.7. The van der Waals surface area contributed by atoms with E-state index in [9.17, 15) is 29.4 Å². The molecule has 2 aromatic carbocycles. The topological polar surface area (TPSA) is 127 Å². The van der Waals surface area contributed by atoms with E-state index in [0.29, 0.717) is 23.7 Å². The summed E-state index contributed by atoms with van der Waals surface area (Å²) in [5.74, 6) is -1.48. The standard InChI is InChI=1S/C20H18O8/c21-9-13-1-5-15(6-2-13)19(25)27-11-17(23)18(24)12-28-20(26)16-7-3-14(10-22)4-8-16/h1-10,17-18,23-24H,11-12H2. The second-order valence-electron chi connectivity index (χ2n) is 5.81. The molecule has 146 valence electrons. The summed E-state index contributed by atoms with van der Waals surface area (Å²) < 4.78 is 9.78. The van der Waals surface area contributed by atoms with Gasteiger partial charge in [-0.25, -0.2) is 9.59 Å². The number of hydrogen-bond donors (Lipinski definition) is 2. The molecular weight excluding hydrogens is 368 g/mol. The van der Waals surface area contributed by atoms with Crippen LogP contribution in [0.2, 0.25) is 0 Å². The third-order valence-corrected chi connectivity index (χ3v) is 3.78. The maximum absolute atomic E-state index is 11.9. The van der Waals surface area contributed by atoms with Gasteiger partial charge >= 0.3 is 11.9 Å². The highest BCUT2D eigenvalue weighted by atomic mass is 16.6. The third-order valence-electron chi connectivity index (χ3n) is 3.78. The van der Waals surface area contributed by atoms with Crippen LogP contribution in [0.3, 0.4) is 0 Å². The number of hydrogen-bond acceptors (Lipinski definition) is 8. The van der Waals surface area contributed by atoms with Gasteiger partial charge < -0.3 is 19.7 Å². The average Bonchev–Trinajstić information content (AvgIpc) is 2.75. The molecule has 2 aromatic rings. The van der Waals surface area contributed by atoms with Crippen LogP contribution >= 0.6 is 0 Å². The van der Waals surface area contributed by atoms with E-state index in [2.05, 4.69) is 0 Å². The normalized spacial score (nSPS) is 12.5. The maximum Gasteiger partial charge on any atom is 0.338 e. The zero-order chi connectivity index (χ0) is 20.5. The van der Waals surface area contributed by atoms with Crippen LogP contribution in [0.5, 0.6) is 0 Å². The molecule has 2 unspecified atom stereocenters. The molecule has 28 heavy (non-hydrogen) atoms. The Bertz CT molecular complexity index is 755. The largest absolute Gasteiger partial charge is 0.459 e. The van der Waals surface area contributed by atoms with Gasteiger partial charge in [0.15, 0.2) is 0 Å². The number of esters is 2. The Balaban J connectivity index is 1.78. The summed E-state index contributed by atoms with van der Waals surface area (Å²) in [7, 11) is 0. The maximum atomic E-state index is 11.9. The van der Waals surface area contributed by atoms with Gasteiger partial charge in [-0.2, -0.15) is 0 Å². The lowest BCUT2D eigenvalue weighted by molar-refractivity contribution is -0.0529. The summed E-state index contributed by atoms with van der Waals surface area (Å²) in [6.07, 6.45) is -1.67. The molecule has 0 aliphatic carbocycles. The van der Waals surface area contributed by atoms with Crippen LogP contribution in [0.25, 0.3) is 0 Å². The molecule has 2 rings (SSSR count). The summed E-state index contributed by atoms with van der Waals surface area (Å²) in [6, 6.07) is 11.3. The van der Waals surface area contributed by atoms with E-state index in [0.717, 1.165) is 0 Å². The Morgan fingerprint density at radius 1 is 0.714 bits per heavy atom. The Hall–Kier alpha value is -3.36. The van der Waals surface area contributed by atoms with Crippen molar-refractivity contribution in [3.8, 4) is 0 Å². The fraction of sp³-hybridized carbons (Fsp3) is 0.200. The minimum absolute atomic E-state index is 0.178. The van der Waals surface area contributed by atoms with Crippen molar-refractivity contribution < 1.29 is 38.9 Å². The molecule has 0 amide bonds. The van der Waals surface area contributed by atoms with Crippen molar-refractivity contribution in [1.29, 1.82) is 0 Å². The van der Waals surface area contributed by atoms with Gasteiger partial charge in [0.25, 0.3) is 0 Å². The second kappa shape index (κ2) is 10.1. The predicted molar refractivity (Wildman–Crippen MR) is 96.2 cm³/mol. The first kappa shape index (κ1) is 20.9. The molecule has 0 aliphatic rings. The summed E-state index contributed by atoms with van der Waals surface area (Å²) >= 11 is 0. The zero-order valence-corrected chi connectivity index (χ0v) is 14.7. The molecule has 0 aliphatic heterocycles. The van der Waals surface area contributed by atoms with E-state index in [1.54, 1.807) is 0 Å². The van der Waals surface area contributed by atoms with Crippen LogP contribution in [0.4, 0.5) is 0 Å². The van der Waals surface area contributed by atoms with Crippen LogP contribution in [0, 0.1) is 0 Å². The smallest absolute Gasteiger partial charge is 0.338 e. The van der Waals surface area contributed by atoms with E-state index >= 15 is 0 Å². The Morgan fingerprint density at radius 3 is 1.32 bits per heavy atom. The van der Waals surface area contributed by atoms with Gasteiger partial charge in [-0.1, -0.05) is 24.3 Å². The monoisotopic (exact) mass is 386 g/mol. The predicted octanol–water partition coefficient (Wildman–Crippen LogP) is 1.05. The van der Waals surface area contributed by atoms with Crippen molar-refractivity contribution in [3.63, 3.8) is 0 Å². The SMILES string of the molecule is O=Cc1ccc(C(=O)OCC(O)C(O)COC(=O)c2ccc(C=O)cc2)cc1. The first-order valence-electron chi connectivity index (χ1n) is 8.25. The van der Waals surface area contributed by atoms with Crippen molar-refractivity contribution in [2.24, 2.45) is 0 Å². The highest BCUT2D eigenvalue weighted by Crippen LogP contribution is 2.08. The van der Waals surface area contributed by atoms with Crippen molar-refractivity contribution in [1.82, 2.24) is 0 Å². The van der Waals surface area contributed by atoms with Crippen LogP contribution in [-0.4, -0.2) is 60.1 Å². The number of benzene rings is 2. The molecule has 2 N–H and O–H groups in total. The van der Waals surface area contributed by atoms with Gasteiger partial charge in [0.05, 0.1) is 11.1 Å². The Morgan fingerprint density at radius 2 is 1.04 bits per heavy atom. The number of aliphatic hydroxyl groups is 2. The molecule has 0 heterocycles. The summed E-state index contributed by atoms with van der Waals surface area (Å²) in [4.78, 5) is 44.9. The van der Waals surface area contributed by atoms with Gasteiger partial charge in [0.1, 0.15) is 38.0 Å². The van der Waals surface area contributed by atoms with Crippen molar-refractivity contribution >= 4 is 24.5 Å². The Labute approximate surface area is 160 Å². The minimum atomic E-state index is -1.47. The van der Waals surface area contributed by atoms with Crippen molar-refractivity contribution in [3.05, 3.63) is 70.8 Å². The van der Waals surface area contributed by atoms with Crippen molar-refractivity contribution in [2.45, 2.75) is 12.2 Å². The fourth-order valence-corrected chi connectivity index (χ4v) is 2.11. The van der Waals surface area contributed by atoms with Crippen LogP contribution in [0.15, 0.2) is 48.5 Å². The van der Waals surface area contributed by atoms with Gasteiger partial charge in [-0.3, -0.25) is 9.59 Å². The lowest BCUT2D eigenvalue weighted by atomic mass is 10.1. The van der Waals surface area contributed by atoms with E-state index in [4.69, 9.17) is 9.47 Å². The number of ether oxygens (including phenoxy) is 2. The molecule has 0 radical (unpaired) electrons. The van der Waals surface area contributed by atoms with Gasteiger partial charge in [-0.15, -0.1) is 0 Å². The van der Waals surface area contributed by atoms with Gasteiger partial charge in [0.2, 0.25) is 0 Å². The number of aliphatic hydroxyl groups excluding tert-OH is 2. The van der Waals surface area contributed by atoms with E-state index < -0.39 is 37.4 Å². The van der Waals surface area contributed by atoms with Crippen LogP contribution < -0.4 is 0 Å². The van der Waals surface area contributed by atoms with E-state index in [1.807, 2.05) is 0 Å². The molecule has 0 saturated carbocycles. The highest BCUT2D eigenvalue weighted by molar-refractivity contribution is 5.91. The van der Waals surface area contributed by atoms with Gasteiger partial charge in [-0.05, 0) is 24.3 Å². The van der Waals surface area contributed by atoms with Crippen LogP contribution in [-0.2, 0) is 9.47 Å². The highest BCUT2D eigenvalue weighted by Gasteiger charge is 2.21. The lowest BCUT2D eigenvalue weighted by Gasteiger charge is -2.17. The van der Waals surface area contributed by atoms with Crippen molar-refractivity contribution in [2.75, 3.05) is 13.2 Å². The first-order chi connectivity index (χ1) is 13.4. The van der Waals surface area contributed by atoms with E-state index in [-0.39, 0.29) is 11.1 Å². The third kappa shape index (κ3) is 5.83.